The molecule has 4 heteroatoms. The van der Waals surface area contributed by atoms with Crippen LogP contribution in [0.3, 0.4) is 0 Å². The molecule has 1 rings (SSSR count). The molecule has 0 amide bonds. The zero-order chi connectivity index (χ0) is 14.5. The summed E-state index contributed by atoms with van der Waals surface area (Å²) in [5.41, 5.74) is 0.423. The van der Waals surface area contributed by atoms with Crippen LogP contribution in [0.2, 0.25) is 0 Å². The van der Waals surface area contributed by atoms with Gasteiger partial charge in [0.1, 0.15) is 0 Å². The fourth-order valence-corrected chi connectivity index (χ4v) is 2.38. The van der Waals surface area contributed by atoms with Crippen LogP contribution in [0.15, 0.2) is 12.3 Å². The van der Waals surface area contributed by atoms with Gasteiger partial charge in [-0.3, -0.25) is 9.58 Å². The SMILES string of the molecule is CCC(CC)n1ccc(CN(CC)CC(C)(C)O)n1. The number of rotatable bonds is 8. The van der Waals surface area contributed by atoms with Gasteiger partial charge in [0, 0.05) is 19.3 Å². The van der Waals surface area contributed by atoms with Crippen LogP contribution in [0.25, 0.3) is 0 Å². The zero-order valence-corrected chi connectivity index (χ0v) is 13.1. The van der Waals surface area contributed by atoms with Crippen molar-refractivity contribution >= 4 is 0 Å². The topological polar surface area (TPSA) is 41.3 Å². The van der Waals surface area contributed by atoms with Gasteiger partial charge in [-0.1, -0.05) is 20.8 Å². The summed E-state index contributed by atoms with van der Waals surface area (Å²) in [6.07, 6.45) is 4.29. The summed E-state index contributed by atoms with van der Waals surface area (Å²) in [5.74, 6) is 0. The van der Waals surface area contributed by atoms with E-state index in [0.717, 1.165) is 31.6 Å². The first-order valence-electron chi connectivity index (χ1n) is 7.38. The number of aliphatic hydroxyl groups is 1. The first-order chi connectivity index (χ1) is 8.89. The van der Waals surface area contributed by atoms with Gasteiger partial charge in [0.15, 0.2) is 0 Å². The second-order valence-corrected chi connectivity index (χ2v) is 5.87. The standard InChI is InChI=1S/C15H29N3O/c1-6-14(7-2)18-10-9-13(16-18)11-17(8-3)12-15(4,5)19/h9-10,14,19H,6-8,11-12H2,1-5H3. The minimum absolute atomic E-state index is 0.498. The quantitative estimate of drug-likeness (QED) is 0.787. The molecule has 1 N–H and O–H groups in total. The summed E-state index contributed by atoms with van der Waals surface area (Å²) >= 11 is 0. The fourth-order valence-electron chi connectivity index (χ4n) is 2.38. The largest absolute Gasteiger partial charge is 0.389 e. The molecule has 1 aromatic heterocycles. The van der Waals surface area contributed by atoms with Crippen molar-refractivity contribution < 1.29 is 5.11 Å². The normalized spacial score (nSPS) is 12.6. The Morgan fingerprint density at radius 1 is 1.32 bits per heavy atom. The summed E-state index contributed by atoms with van der Waals surface area (Å²) < 4.78 is 2.08. The zero-order valence-electron chi connectivity index (χ0n) is 13.1. The first kappa shape index (κ1) is 16.2. The Hall–Kier alpha value is -0.870. The second kappa shape index (κ2) is 7.06. The van der Waals surface area contributed by atoms with Crippen LogP contribution in [0.4, 0.5) is 0 Å². The summed E-state index contributed by atoms with van der Waals surface area (Å²) in [5, 5.41) is 14.6. The smallest absolute Gasteiger partial charge is 0.0764 e. The predicted molar refractivity (Wildman–Crippen MR) is 79.1 cm³/mol. The van der Waals surface area contributed by atoms with E-state index in [-0.39, 0.29) is 0 Å². The molecule has 0 aromatic carbocycles. The van der Waals surface area contributed by atoms with E-state index in [2.05, 4.69) is 47.7 Å². The lowest BCUT2D eigenvalue weighted by Gasteiger charge is -2.27. The van der Waals surface area contributed by atoms with Crippen molar-refractivity contribution in [2.75, 3.05) is 13.1 Å². The maximum atomic E-state index is 9.90. The number of hydrogen-bond donors (Lipinski definition) is 1. The van der Waals surface area contributed by atoms with Gasteiger partial charge >= 0.3 is 0 Å². The second-order valence-electron chi connectivity index (χ2n) is 5.87. The van der Waals surface area contributed by atoms with Crippen molar-refractivity contribution in [3.05, 3.63) is 18.0 Å². The summed E-state index contributed by atoms with van der Waals surface area (Å²) in [6, 6.07) is 2.59. The average Bonchev–Trinajstić information content (AvgIpc) is 2.76. The molecule has 1 aromatic rings. The molecule has 0 aliphatic rings. The Kier molecular flexibility index (Phi) is 6.01. The fraction of sp³-hybridized carbons (Fsp3) is 0.800. The highest BCUT2D eigenvalue weighted by Crippen LogP contribution is 2.15. The van der Waals surface area contributed by atoms with Crippen LogP contribution >= 0.6 is 0 Å². The van der Waals surface area contributed by atoms with E-state index >= 15 is 0 Å². The van der Waals surface area contributed by atoms with E-state index < -0.39 is 5.60 Å². The van der Waals surface area contributed by atoms with Crippen molar-refractivity contribution in [1.82, 2.24) is 14.7 Å². The molecule has 0 fully saturated rings. The minimum atomic E-state index is -0.659. The van der Waals surface area contributed by atoms with Crippen LogP contribution < -0.4 is 0 Å². The highest BCUT2D eigenvalue weighted by Gasteiger charge is 2.18. The van der Waals surface area contributed by atoms with Crippen LogP contribution in [-0.4, -0.2) is 38.5 Å². The molecule has 0 aliphatic carbocycles. The maximum Gasteiger partial charge on any atom is 0.0764 e. The Morgan fingerprint density at radius 2 is 1.95 bits per heavy atom. The average molecular weight is 267 g/mol. The lowest BCUT2D eigenvalue weighted by atomic mass is 10.1. The van der Waals surface area contributed by atoms with Crippen LogP contribution in [0.1, 0.15) is 59.2 Å². The van der Waals surface area contributed by atoms with Crippen LogP contribution in [0.5, 0.6) is 0 Å². The third-order valence-electron chi connectivity index (χ3n) is 3.42. The lowest BCUT2D eigenvalue weighted by molar-refractivity contribution is 0.0349. The van der Waals surface area contributed by atoms with E-state index in [1.54, 1.807) is 0 Å². The predicted octanol–water partition coefficient (Wildman–Crippen LogP) is 2.84. The van der Waals surface area contributed by atoms with Gasteiger partial charge in [-0.05, 0) is 39.3 Å². The van der Waals surface area contributed by atoms with Crippen LogP contribution in [-0.2, 0) is 6.54 Å². The van der Waals surface area contributed by atoms with Gasteiger partial charge < -0.3 is 5.11 Å². The Bertz CT molecular complexity index is 364. The molecular formula is C15H29N3O. The maximum absolute atomic E-state index is 9.90. The summed E-state index contributed by atoms with van der Waals surface area (Å²) in [7, 11) is 0. The van der Waals surface area contributed by atoms with Gasteiger partial charge in [0.25, 0.3) is 0 Å². The molecule has 0 saturated heterocycles. The van der Waals surface area contributed by atoms with Gasteiger partial charge in [0.05, 0.1) is 17.3 Å². The molecule has 0 saturated carbocycles. The van der Waals surface area contributed by atoms with Crippen molar-refractivity contribution in [3.8, 4) is 0 Å². The number of nitrogens with zero attached hydrogens (tertiary/aromatic N) is 3. The third kappa shape index (κ3) is 5.33. The summed E-state index contributed by atoms with van der Waals surface area (Å²) in [6.45, 7) is 12.6. The van der Waals surface area contributed by atoms with E-state index in [1.165, 1.54) is 0 Å². The molecule has 0 spiro atoms. The van der Waals surface area contributed by atoms with Gasteiger partial charge in [-0.2, -0.15) is 5.10 Å². The van der Waals surface area contributed by atoms with Gasteiger partial charge in [-0.15, -0.1) is 0 Å². The van der Waals surface area contributed by atoms with Crippen molar-refractivity contribution in [3.63, 3.8) is 0 Å². The molecule has 0 atom stereocenters. The minimum Gasteiger partial charge on any atom is -0.389 e. The van der Waals surface area contributed by atoms with E-state index in [9.17, 15) is 5.11 Å². The molecule has 4 nitrogen and oxygen atoms in total. The molecule has 1 heterocycles. The molecule has 0 bridgehead atoms. The Morgan fingerprint density at radius 3 is 2.42 bits per heavy atom. The van der Waals surface area contributed by atoms with Crippen LogP contribution in [0, 0.1) is 0 Å². The van der Waals surface area contributed by atoms with Crippen molar-refractivity contribution in [2.24, 2.45) is 0 Å². The third-order valence-corrected chi connectivity index (χ3v) is 3.42. The van der Waals surface area contributed by atoms with E-state index in [4.69, 9.17) is 0 Å². The van der Waals surface area contributed by atoms with Gasteiger partial charge in [0.2, 0.25) is 0 Å². The highest BCUT2D eigenvalue weighted by atomic mass is 16.3. The molecule has 19 heavy (non-hydrogen) atoms. The molecule has 0 aliphatic heterocycles. The molecule has 0 radical (unpaired) electrons. The summed E-state index contributed by atoms with van der Waals surface area (Å²) in [4.78, 5) is 2.22. The molecule has 110 valence electrons. The van der Waals surface area contributed by atoms with Crippen molar-refractivity contribution in [1.29, 1.82) is 0 Å². The Balaban J connectivity index is 2.66. The van der Waals surface area contributed by atoms with E-state index in [1.807, 2.05) is 13.8 Å². The Labute approximate surface area is 117 Å². The number of likely N-dealkylation sites (N-methyl/N-ethyl adjacent to an activating group) is 1. The monoisotopic (exact) mass is 267 g/mol. The number of hydrogen-bond acceptors (Lipinski definition) is 3. The molecule has 0 unspecified atom stereocenters. The highest BCUT2D eigenvalue weighted by molar-refractivity contribution is 5.00. The van der Waals surface area contributed by atoms with E-state index in [0.29, 0.717) is 12.6 Å². The van der Waals surface area contributed by atoms with Crippen molar-refractivity contribution in [2.45, 2.75) is 65.6 Å². The first-order valence-corrected chi connectivity index (χ1v) is 7.38. The molecular weight excluding hydrogens is 238 g/mol. The number of aromatic nitrogens is 2. The lowest BCUT2D eigenvalue weighted by Crippen LogP contribution is -2.38. The van der Waals surface area contributed by atoms with Gasteiger partial charge in [-0.25, -0.2) is 0 Å².